The first-order valence-corrected chi connectivity index (χ1v) is 10.3. The number of benzene rings is 2. The minimum absolute atomic E-state index is 0.143. The number of aromatic nitrogens is 4. The van der Waals surface area contributed by atoms with Crippen LogP contribution in [-0.4, -0.2) is 47.9 Å². The summed E-state index contributed by atoms with van der Waals surface area (Å²) in [6.45, 7) is 3.09. The molecule has 2 aromatic heterocycles. The molecule has 0 saturated carbocycles. The van der Waals surface area contributed by atoms with Crippen LogP contribution in [0.15, 0.2) is 73.3 Å². The first-order chi connectivity index (χ1) is 15.7. The summed E-state index contributed by atoms with van der Waals surface area (Å²) in [7, 11) is 0. The van der Waals surface area contributed by atoms with E-state index >= 15 is 0 Å². The Kier molecular flexibility index (Phi) is 6.62. The molecule has 0 bridgehead atoms. The van der Waals surface area contributed by atoms with Crippen molar-refractivity contribution in [1.29, 1.82) is 0 Å². The van der Waals surface area contributed by atoms with Gasteiger partial charge in [-0.2, -0.15) is 5.10 Å². The third-order valence-corrected chi connectivity index (χ3v) is 5.48. The molecule has 2 aromatic carbocycles. The zero-order valence-corrected chi connectivity index (χ0v) is 17.5. The fourth-order valence-corrected chi connectivity index (χ4v) is 4.18. The van der Waals surface area contributed by atoms with E-state index in [1.54, 1.807) is 18.6 Å². The summed E-state index contributed by atoms with van der Waals surface area (Å²) < 4.78 is 1.94. The number of fused-ring (bicyclic) bond motifs is 1. The van der Waals surface area contributed by atoms with Crippen LogP contribution in [0.4, 0.5) is 0 Å². The van der Waals surface area contributed by atoms with Gasteiger partial charge in [0.2, 0.25) is 0 Å². The van der Waals surface area contributed by atoms with Gasteiger partial charge in [0.25, 0.3) is 6.47 Å². The molecule has 0 saturated heterocycles. The number of carbonyl (C=O) groups is 1. The van der Waals surface area contributed by atoms with E-state index < -0.39 is 0 Å². The van der Waals surface area contributed by atoms with E-state index in [4.69, 9.17) is 9.90 Å². The van der Waals surface area contributed by atoms with Gasteiger partial charge in [0.05, 0.1) is 24.3 Å². The number of phenolic OH excluding ortho intramolecular Hbond substituents is 1. The molecule has 0 amide bonds. The molecule has 0 spiro atoms. The Morgan fingerprint density at radius 3 is 2.62 bits per heavy atom. The lowest BCUT2D eigenvalue weighted by molar-refractivity contribution is -0.122. The number of aromatic amines is 1. The van der Waals surface area contributed by atoms with Gasteiger partial charge in [0.1, 0.15) is 5.75 Å². The van der Waals surface area contributed by atoms with Gasteiger partial charge in [-0.15, -0.1) is 0 Å². The van der Waals surface area contributed by atoms with Gasteiger partial charge in [-0.25, -0.2) is 4.98 Å². The van der Waals surface area contributed by atoms with Crippen LogP contribution >= 0.6 is 0 Å². The molecule has 1 unspecified atom stereocenters. The minimum Gasteiger partial charge on any atom is -0.508 e. The lowest BCUT2D eigenvalue weighted by atomic mass is 9.90. The Labute approximate surface area is 185 Å². The van der Waals surface area contributed by atoms with Gasteiger partial charge in [-0.3, -0.25) is 14.4 Å². The van der Waals surface area contributed by atoms with E-state index in [9.17, 15) is 5.11 Å². The number of rotatable bonds is 5. The normalized spacial score (nSPS) is 15.4. The zero-order valence-electron chi connectivity index (χ0n) is 17.5. The Morgan fingerprint density at radius 2 is 1.88 bits per heavy atom. The molecule has 5 rings (SSSR count). The van der Waals surface area contributed by atoms with Crippen LogP contribution in [0.3, 0.4) is 0 Å². The van der Waals surface area contributed by atoms with Crippen LogP contribution in [0.25, 0.3) is 0 Å². The largest absolute Gasteiger partial charge is 0.508 e. The molecule has 164 valence electrons. The first-order valence-electron chi connectivity index (χ1n) is 10.3. The summed E-state index contributed by atoms with van der Waals surface area (Å²) in [5, 5.41) is 21.1. The third kappa shape index (κ3) is 5.04. The zero-order chi connectivity index (χ0) is 22.3. The predicted molar refractivity (Wildman–Crippen MR) is 119 cm³/mol. The molecule has 3 N–H and O–H groups in total. The molecule has 1 aliphatic rings. The fourth-order valence-electron chi connectivity index (χ4n) is 4.18. The van der Waals surface area contributed by atoms with Crippen molar-refractivity contribution in [3.05, 3.63) is 101 Å². The number of H-pyrrole nitrogens is 1. The van der Waals surface area contributed by atoms with E-state index in [2.05, 4.69) is 50.3 Å². The quantitative estimate of drug-likeness (QED) is 0.419. The second kappa shape index (κ2) is 9.93. The van der Waals surface area contributed by atoms with Crippen LogP contribution in [0.5, 0.6) is 5.75 Å². The average Bonchev–Trinajstić information content (AvgIpc) is 3.46. The van der Waals surface area contributed by atoms with Gasteiger partial charge in [-0.1, -0.05) is 36.4 Å². The van der Waals surface area contributed by atoms with Crippen LogP contribution in [0, 0.1) is 0 Å². The number of hydrogen-bond donors (Lipinski definition) is 3. The van der Waals surface area contributed by atoms with Crippen LogP contribution < -0.4 is 0 Å². The van der Waals surface area contributed by atoms with Crippen molar-refractivity contribution >= 4 is 6.47 Å². The molecule has 1 aliphatic heterocycles. The molecular weight excluding hydrogens is 406 g/mol. The smallest absolute Gasteiger partial charge is 0.290 e. The highest BCUT2D eigenvalue weighted by Crippen LogP contribution is 2.33. The number of hydrogen-bond acceptors (Lipinski definition) is 5. The second-order valence-electron chi connectivity index (χ2n) is 7.71. The summed E-state index contributed by atoms with van der Waals surface area (Å²) in [5.41, 5.74) is 5.86. The molecule has 8 heteroatoms. The van der Waals surface area contributed by atoms with Crippen LogP contribution in [0.1, 0.15) is 34.0 Å². The maximum absolute atomic E-state index is 9.93. The van der Waals surface area contributed by atoms with Gasteiger partial charge >= 0.3 is 0 Å². The number of phenols is 1. The summed E-state index contributed by atoms with van der Waals surface area (Å²) >= 11 is 0. The molecule has 0 fully saturated rings. The van der Waals surface area contributed by atoms with Crippen molar-refractivity contribution in [2.75, 3.05) is 6.54 Å². The van der Waals surface area contributed by atoms with E-state index in [0.29, 0.717) is 5.75 Å². The molecular formula is C24H25N5O3. The monoisotopic (exact) mass is 431 g/mol. The van der Waals surface area contributed by atoms with Crippen LogP contribution in [0.2, 0.25) is 0 Å². The molecule has 4 aromatic rings. The number of nitrogens with zero attached hydrogens (tertiary/aromatic N) is 4. The van der Waals surface area contributed by atoms with Crippen LogP contribution in [-0.2, 0) is 24.4 Å². The first kappa shape index (κ1) is 21.3. The maximum Gasteiger partial charge on any atom is 0.290 e. The minimum atomic E-state index is -0.250. The molecule has 8 nitrogen and oxygen atoms in total. The lowest BCUT2D eigenvalue weighted by Crippen LogP contribution is -2.33. The van der Waals surface area contributed by atoms with Gasteiger partial charge < -0.3 is 15.2 Å². The highest BCUT2D eigenvalue weighted by molar-refractivity contribution is 5.37. The number of imidazole rings is 1. The third-order valence-electron chi connectivity index (χ3n) is 5.48. The molecule has 32 heavy (non-hydrogen) atoms. The highest BCUT2D eigenvalue weighted by atomic mass is 16.3. The summed E-state index contributed by atoms with van der Waals surface area (Å²) in [4.78, 5) is 18.7. The number of nitrogens with one attached hydrogen (secondary N) is 1. The van der Waals surface area contributed by atoms with Crippen molar-refractivity contribution in [2.45, 2.75) is 25.6 Å². The Bertz CT molecular complexity index is 1160. The van der Waals surface area contributed by atoms with Crippen molar-refractivity contribution in [1.82, 2.24) is 24.6 Å². The fraction of sp³-hybridized carbons (Fsp3) is 0.208. The molecule has 0 radical (unpaired) electrons. The molecule has 0 aliphatic carbocycles. The Morgan fingerprint density at radius 1 is 1.09 bits per heavy atom. The summed E-state index contributed by atoms with van der Waals surface area (Å²) in [6, 6.07) is 18.2. The standard InChI is InChI=1S/C23H23N5O.CH2O2/c29-20-7-2-6-19(11-20)21-14-27(15-22-23(21)25-16-24-22)12-17-4-1-5-18(10-17)13-28-9-3-8-26-28;2-1-3/h1-11,16,21,29H,12-15H2,(H,24,25);1H,(H,2,3). The number of carboxylic acid groups (broad SMARTS) is 1. The predicted octanol–water partition coefficient (Wildman–Crippen LogP) is 3.21. The molecule has 1 atom stereocenters. The van der Waals surface area contributed by atoms with Crippen molar-refractivity contribution in [3.8, 4) is 5.75 Å². The van der Waals surface area contributed by atoms with E-state index in [-0.39, 0.29) is 12.4 Å². The van der Waals surface area contributed by atoms with E-state index in [1.165, 1.54) is 11.1 Å². The SMILES string of the molecule is O=CO.Oc1cccc(C2CN(Cc3cccc(Cn4cccn4)c3)Cc3[nH]cnc32)c1. The number of aromatic hydroxyl groups is 1. The van der Waals surface area contributed by atoms with Crippen molar-refractivity contribution in [3.63, 3.8) is 0 Å². The van der Waals surface area contributed by atoms with E-state index in [1.807, 2.05) is 29.1 Å². The maximum atomic E-state index is 9.93. The second-order valence-corrected chi connectivity index (χ2v) is 7.71. The lowest BCUT2D eigenvalue weighted by Gasteiger charge is -2.32. The van der Waals surface area contributed by atoms with Gasteiger partial charge in [0.15, 0.2) is 0 Å². The van der Waals surface area contributed by atoms with Crippen molar-refractivity contribution < 1.29 is 15.0 Å². The topological polar surface area (TPSA) is 107 Å². The summed E-state index contributed by atoms with van der Waals surface area (Å²) in [5.74, 6) is 0.437. The Balaban J connectivity index is 0.000000775. The van der Waals surface area contributed by atoms with Gasteiger partial charge in [-0.05, 0) is 34.9 Å². The van der Waals surface area contributed by atoms with E-state index in [0.717, 1.165) is 43.1 Å². The van der Waals surface area contributed by atoms with Crippen molar-refractivity contribution in [2.24, 2.45) is 0 Å². The summed E-state index contributed by atoms with van der Waals surface area (Å²) in [6.07, 6.45) is 5.56. The highest BCUT2D eigenvalue weighted by Gasteiger charge is 2.29. The molecule has 3 heterocycles. The average molecular weight is 431 g/mol. The Hall–Kier alpha value is -3.91. The van der Waals surface area contributed by atoms with Gasteiger partial charge in [0, 0.05) is 37.9 Å².